The standard InChI is InChI=1S/C12H22INOSi/c1-9(13)7-10-8-11(15)14(10)16(5,6)12(2,3)4/h7,10H,8H2,1-6H3/b9-7+/t10-/m1/s1. The number of carbonyl (C=O) groups excluding carboxylic acids is 1. The molecule has 0 radical (unpaired) electrons. The van der Waals surface area contributed by atoms with Crippen LogP contribution in [0.15, 0.2) is 9.66 Å². The zero-order chi connectivity index (χ0) is 12.7. The molecule has 2 nitrogen and oxygen atoms in total. The number of halogens is 1. The molecular weight excluding hydrogens is 329 g/mol. The van der Waals surface area contributed by atoms with Crippen LogP contribution in [-0.2, 0) is 4.79 Å². The van der Waals surface area contributed by atoms with Crippen LogP contribution in [0.2, 0.25) is 18.1 Å². The number of rotatable bonds is 2. The Morgan fingerprint density at radius 1 is 1.50 bits per heavy atom. The second-order valence-corrected chi connectivity index (χ2v) is 12.9. The largest absolute Gasteiger partial charge is 0.363 e. The van der Waals surface area contributed by atoms with Gasteiger partial charge in [0, 0.05) is 6.42 Å². The SMILES string of the molecule is C/C(I)=C\[C@@H]1CC(=O)N1[Si](C)(C)C(C)(C)C. The summed E-state index contributed by atoms with van der Waals surface area (Å²) in [5.74, 6) is 0.338. The molecule has 1 rings (SSSR count). The van der Waals surface area contributed by atoms with E-state index in [-0.39, 0.29) is 5.04 Å². The summed E-state index contributed by atoms with van der Waals surface area (Å²) in [5.41, 5.74) is 0. The van der Waals surface area contributed by atoms with Crippen molar-refractivity contribution in [1.82, 2.24) is 4.57 Å². The molecule has 0 aromatic heterocycles. The van der Waals surface area contributed by atoms with Gasteiger partial charge in [0.2, 0.25) is 5.91 Å². The molecule has 1 fully saturated rings. The Morgan fingerprint density at radius 2 is 2.00 bits per heavy atom. The quantitative estimate of drug-likeness (QED) is 0.419. The molecule has 92 valence electrons. The topological polar surface area (TPSA) is 20.3 Å². The Morgan fingerprint density at radius 3 is 2.31 bits per heavy atom. The molecule has 0 N–H and O–H groups in total. The Labute approximate surface area is 114 Å². The van der Waals surface area contributed by atoms with Gasteiger partial charge in [0.15, 0.2) is 8.24 Å². The first-order valence-corrected chi connectivity index (χ1v) is 9.76. The van der Waals surface area contributed by atoms with Gasteiger partial charge in [-0.3, -0.25) is 4.79 Å². The van der Waals surface area contributed by atoms with Crippen LogP contribution in [-0.4, -0.2) is 24.7 Å². The maximum Gasteiger partial charge on any atom is 0.217 e. The summed E-state index contributed by atoms with van der Waals surface area (Å²) < 4.78 is 3.45. The molecule has 4 heteroatoms. The number of carbonyl (C=O) groups is 1. The molecule has 0 saturated carbocycles. The van der Waals surface area contributed by atoms with Crippen LogP contribution in [0.5, 0.6) is 0 Å². The van der Waals surface area contributed by atoms with E-state index in [0.29, 0.717) is 18.4 Å². The van der Waals surface area contributed by atoms with Crippen LogP contribution in [0.4, 0.5) is 0 Å². The average molecular weight is 351 g/mol. The van der Waals surface area contributed by atoms with E-state index in [1.54, 1.807) is 0 Å². The number of hydrogen-bond acceptors (Lipinski definition) is 1. The maximum atomic E-state index is 11.8. The first-order chi connectivity index (χ1) is 7.07. The van der Waals surface area contributed by atoms with Crippen LogP contribution >= 0.6 is 22.6 Å². The fraction of sp³-hybridized carbons (Fsp3) is 0.750. The highest BCUT2D eigenvalue weighted by Crippen LogP contribution is 2.43. The molecule has 1 heterocycles. The van der Waals surface area contributed by atoms with Crippen molar-refractivity contribution < 1.29 is 4.79 Å². The molecule has 0 aliphatic carbocycles. The van der Waals surface area contributed by atoms with Crippen molar-refractivity contribution in [3.05, 3.63) is 9.66 Å². The van der Waals surface area contributed by atoms with Gasteiger partial charge < -0.3 is 4.57 Å². The number of β-lactam (4-membered cyclic amide) rings is 1. The molecule has 0 spiro atoms. The molecule has 1 aliphatic rings. The summed E-state index contributed by atoms with van der Waals surface area (Å²) in [6.07, 6.45) is 2.93. The van der Waals surface area contributed by atoms with Crippen molar-refractivity contribution >= 4 is 36.7 Å². The molecule has 1 saturated heterocycles. The highest BCUT2D eigenvalue weighted by Gasteiger charge is 2.50. The van der Waals surface area contributed by atoms with Gasteiger partial charge in [-0.2, -0.15) is 0 Å². The Balaban J connectivity index is 2.94. The maximum absolute atomic E-state index is 11.8. The van der Waals surface area contributed by atoms with Gasteiger partial charge in [-0.15, -0.1) is 0 Å². The smallest absolute Gasteiger partial charge is 0.217 e. The summed E-state index contributed by atoms with van der Waals surface area (Å²) in [7, 11) is -1.68. The van der Waals surface area contributed by atoms with Crippen LogP contribution in [0.3, 0.4) is 0 Å². The third-order valence-corrected chi connectivity index (χ3v) is 9.66. The van der Waals surface area contributed by atoms with E-state index in [2.05, 4.69) is 74.0 Å². The van der Waals surface area contributed by atoms with E-state index >= 15 is 0 Å². The highest BCUT2D eigenvalue weighted by atomic mass is 127. The van der Waals surface area contributed by atoms with Gasteiger partial charge in [-0.05, 0) is 38.1 Å². The molecule has 0 bridgehead atoms. The van der Waals surface area contributed by atoms with Crippen molar-refractivity contribution in [2.75, 3.05) is 0 Å². The lowest BCUT2D eigenvalue weighted by molar-refractivity contribution is -0.137. The Bertz CT molecular complexity index is 326. The van der Waals surface area contributed by atoms with E-state index in [1.165, 1.54) is 3.58 Å². The lowest BCUT2D eigenvalue weighted by atomic mass is 10.1. The van der Waals surface area contributed by atoms with E-state index in [9.17, 15) is 4.79 Å². The van der Waals surface area contributed by atoms with E-state index < -0.39 is 8.24 Å². The third-order valence-electron chi connectivity index (χ3n) is 3.84. The Hall–Kier alpha value is 0.157. The van der Waals surface area contributed by atoms with Gasteiger partial charge >= 0.3 is 0 Å². The first kappa shape index (κ1) is 14.2. The predicted octanol–water partition coefficient (Wildman–Crippen LogP) is 3.93. The summed E-state index contributed by atoms with van der Waals surface area (Å²) in [6, 6.07) is 0.352. The van der Waals surface area contributed by atoms with Crippen LogP contribution in [0.1, 0.15) is 34.1 Å². The third kappa shape index (κ3) is 2.52. The second-order valence-electron chi connectivity index (χ2n) is 6.10. The van der Waals surface area contributed by atoms with Crippen molar-refractivity contribution in [2.45, 2.75) is 58.3 Å². The van der Waals surface area contributed by atoms with Crippen molar-refractivity contribution in [2.24, 2.45) is 0 Å². The summed E-state index contributed by atoms with van der Waals surface area (Å²) in [5, 5.41) is 0.231. The first-order valence-electron chi connectivity index (χ1n) is 5.73. The normalized spacial score (nSPS) is 23.4. The predicted molar refractivity (Wildman–Crippen MR) is 80.2 cm³/mol. The van der Waals surface area contributed by atoms with Crippen molar-refractivity contribution in [1.29, 1.82) is 0 Å². The van der Waals surface area contributed by atoms with Crippen LogP contribution in [0, 0.1) is 0 Å². The van der Waals surface area contributed by atoms with E-state index in [0.717, 1.165) is 0 Å². The van der Waals surface area contributed by atoms with Crippen LogP contribution < -0.4 is 0 Å². The molecule has 1 atom stereocenters. The summed E-state index contributed by atoms with van der Waals surface area (Å²) >= 11 is 2.32. The van der Waals surface area contributed by atoms with Crippen molar-refractivity contribution in [3.8, 4) is 0 Å². The fourth-order valence-electron chi connectivity index (χ4n) is 1.93. The second kappa shape index (κ2) is 4.44. The van der Waals surface area contributed by atoms with Crippen molar-refractivity contribution in [3.63, 3.8) is 0 Å². The Kier molecular flexibility index (Phi) is 3.95. The molecule has 0 aromatic rings. The summed E-state index contributed by atoms with van der Waals surface area (Å²) in [4.78, 5) is 11.8. The number of nitrogens with zero attached hydrogens (tertiary/aromatic N) is 1. The number of allylic oxidation sites excluding steroid dienone is 1. The number of amides is 1. The minimum atomic E-state index is -1.68. The lowest BCUT2D eigenvalue weighted by Crippen LogP contribution is -2.67. The molecular formula is C12H22INOSi. The van der Waals surface area contributed by atoms with E-state index in [1.807, 2.05) is 0 Å². The van der Waals surface area contributed by atoms with E-state index in [4.69, 9.17) is 0 Å². The van der Waals surface area contributed by atoms with Gasteiger partial charge in [0.05, 0.1) is 6.04 Å². The molecule has 0 unspecified atom stereocenters. The molecule has 0 aromatic carbocycles. The molecule has 1 amide bonds. The zero-order valence-electron chi connectivity index (χ0n) is 11.1. The van der Waals surface area contributed by atoms with Gasteiger partial charge in [-0.1, -0.05) is 39.9 Å². The summed E-state index contributed by atoms with van der Waals surface area (Å²) in [6.45, 7) is 13.4. The minimum absolute atomic E-state index is 0.231. The van der Waals surface area contributed by atoms with Gasteiger partial charge in [0.1, 0.15) is 0 Å². The lowest BCUT2D eigenvalue weighted by Gasteiger charge is -2.54. The monoisotopic (exact) mass is 351 g/mol. The molecule has 16 heavy (non-hydrogen) atoms. The average Bonchev–Trinajstić information content (AvgIpc) is 1.98. The van der Waals surface area contributed by atoms with Gasteiger partial charge in [-0.25, -0.2) is 0 Å². The highest BCUT2D eigenvalue weighted by molar-refractivity contribution is 14.1. The zero-order valence-corrected chi connectivity index (χ0v) is 14.3. The minimum Gasteiger partial charge on any atom is -0.363 e. The fourth-order valence-corrected chi connectivity index (χ4v) is 4.77. The molecule has 1 aliphatic heterocycles. The van der Waals surface area contributed by atoms with Gasteiger partial charge in [0.25, 0.3) is 0 Å². The van der Waals surface area contributed by atoms with Crippen LogP contribution in [0.25, 0.3) is 0 Å². The number of hydrogen-bond donors (Lipinski definition) is 0.